The van der Waals surface area contributed by atoms with E-state index in [4.69, 9.17) is 0 Å². The molecule has 1 N–H and O–H groups in total. The second kappa shape index (κ2) is 9.92. The second-order valence-corrected chi connectivity index (χ2v) is 8.91. The van der Waals surface area contributed by atoms with Gasteiger partial charge in [0.15, 0.2) is 5.82 Å². The Hall–Kier alpha value is -3.58. The highest BCUT2D eigenvalue weighted by molar-refractivity contribution is 7.10. The Morgan fingerprint density at radius 1 is 0.970 bits per heavy atom. The van der Waals surface area contributed by atoms with Gasteiger partial charge in [0.1, 0.15) is 5.69 Å². The van der Waals surface area contributed by atoms with Gasteiger partial charge in [-0.05, 0) is 42.5 Å². The lowest BCUT2D eigenvalue weighted by Crippen LogP contribution is -2.38. The summed E-state index contributed by atoms with van der Waals surface area (Å²) >= 11 is 1.18. The summed E-state index contributed by atoms with van der Waals surface area (Å²) < 4.78 is 4.35. The molecule has 0 bridgehead atoms. The number of anilines is 1. The van der Waals surface area contributed by atoms with Crippen molar-refractivity contribution in [2.24, 2.45) is 0 Å². The summed E-state index contributed by atoms with van der Waals surface area (Å²) in [6.45, 7) is 0.677. The summed E-state index contributed by atoms with van der Waals surface area (Å²) in [5.41, 5.74) is 3.23. The van der Waals surface area contributed by atoms with Crippen LogP contribution in [0.4, 0.5) is 9.93 Å². The minimum absolute atomic E-state index is 0.110. The fraction of sp³-hybridized carbons (Fsp3) is 0.231. The van der Waals surface area contributed by atoms with Gasteiger partial charge in [-0.15, -0.1) is 0 Å². The van der Waals surface area contributed by atoms with Crippen LogP contribution in [0.15, 0.2) is 85.1 Å². The molecule has 6 nitrogen and oxygen atoms in total. The van der Waals surface area contributed by atoms with Gasteiger partial charge in [-0.3, -0.25) is 10.3 Å². The quantitative estimate of drug-likeness (QED) is 0.363. The molecule has 0 spiro atoms. The molecule has 1 aliphatic rings. The Morgan fingerprint density at radius 2 is 1.64 bits per heavy atom. The van der Waals surface area contributed by atoms with Crippen molar-refractivity contribution in [1.29, 1.82) is 0 Å². The fourth-order valence-electron chi connectivity index (χ4n) is 4.04. The summed E-state index contributed by atoms with van der Waals surface area (Å²) in [6.07, 6.45) is 4.65. The van der Waals surface area contributed by atoms with Crippen LogP contribution in [0.3, 0.4) is 0 Å². The number of aromatic nitrogens is 3. The minimum atomic E-state index is -0.110. The summed E-state index contributed by atoms with van der Waals surface area (Å²) in [7, 11) is 0. The lowest BCUT2D eigenvalue weighted by atomic mass is 9.88. The third-order valence-corrected chi connectivity index (χ3v) is 6.48. The third kappa shape index (κ3) is 5.26. The lowest BCUT2D eigenvalue weighted by Gasteiger charge is -2.26. The highest BCUT2D eigenvalue weighted by atomic mass is 32.1. The summed E-state index contributed by atoms with van der Waals surface area (Å²) in [5.74, 6) is 0.765. The van der Waals surface area contributed by atoms with Gasteiger partial charge in [0.05, 0.1) is 0 Å². The Balaban J connectivity index is 1.29. The first-order valence-corrected chi connectivity index (χ1v) is 12.0. The Kier molecular flexibility index (Phi) is 6.39. The van der Waals surface area contributed by atoms with Gasteiger partial charge in [-0.1, -0.05) is 66.7 Å². The van der Waals surface area contributed by atoms with Crippen LogP contribution in [0.2, 0.25) is 0 Å². The van der Waals surface area contributed by atoms with Gasteiger partial charge in [0.2, 0.25) is 5.13 Å². The van der Waals surface area contributed by atoms with Crippen molar-refractivity contribution in [2.45, 2.75) is 31.2 Å². The summed E-state index contributed by atoms with van der Waals surface area (Å²) in [6, 6.07) is 26.8. The Bertz CT molecular complexity index is 1140. The molecule has 1 aliphatic carbocycles. The van der Waals surface area contributed by atoms with E-state index in [-0.39, 0.29) is 11.9 Å². The number of benzene rings is 2. The molecule has 2 aromatic heterocycles. The number of amides is 2. The molecule has 4 aromatic rings. The molecule has 0 unspecified atom stereocenters. The van der Waals surface area contributed by atoms with Crippen LogP contribution >= 0.6 is 11.5 Å². The maximum absolute atomic E-state index is 13.2. The van der Waals surface area contributed by atoms with E-state index in [2.05, 4.69) is 68.2 Å². The highest BCUT2D eigenvalue weighted by Gasteiger charge is 2.33. The van der Waals surface area contributed by atoms with Gasteiger partial charge < -0.3 is 4.90 Å². The van der Waals surface area contributed by atoms with Crippen LogP contribution in [0.1, 0.15) is 36.3 Å². The smallest absolute Gasteiger partial charge is 0.321 e. The van der Waals surface area contributed by atoms with Crippen molar-refractivity contribution < 1.29 is 4.79 Å². The third-order valence-electron chi connectivity index (χ3n) is 5.84. The van der Waals surface area contributed by atoms with Crippen molar-refractivity contribution in [3.05, 3.63) is 96.2 Å². The zero-order valence-electron chi connectivity index (χ0n) is 18.2. The number of carbonyl (C=O) groups is 1. The van der Waals surface area contributed by atoms with Crippen molar-refractivity contribution in [2.75, 3.05) is 11.9 Å². The Morgan fingerprint density at radius 3 is 2.24 bits per heavy atom. The van der Waals surface area contributed by atoms with E-state index in [1.165, 1.54) is 22.7 Å². The predicted octanol–water partition coefficient (Wildman–Crippen LogP) is 5.82. The number of nitrogens with one attached hydrogen (secondary N) is 1. The molecule has 0 radical (unpaired) electrons. The molecule has 5 rings (SSSR count). The van der Waals surface area contributed by atoms with Crippen molar-refractivity contribution >= 4 is 22.7 Å². The van der Waals surface area contributed by atoms with E-state index in [0.717, 1.165) is 19.3 Å². The van der Waals surface area contributed by atoms with Gasteiger partial charge >= 0.3 is 6.03 Å². The number of hydrogen-bond donors (Lipinski definition) is 1. The highest BCUT2D eigenvalue weighted by Crippen LogP contribution is 2.32. The number of urea groups is 1. The van der Waals surface area contributed by atoms with Gasteiger partial charge in [-0.2, -0.15) is 9.36 Å². The molecule has 1 fully saturated rings. The van der Waals surface area contributed by atoms with Crippen LogP contribution in [-0.2, 0) is 0 Å². The zero-order chi connectivity index (χ0) is 22.5. The second-order valence-electron chi connectivity index (χ2n) is 8.16. The first kappa shape index (κ1) is 21.3. The summed E-state index contributed by atoms with van der Waals surface area (Å²) in [4.78, 5) is 23.9. The first-order valence-electron chi connectivity index (χ1n) is 11.2. The number of hydrogen-bond acceptors (Lipinski definition) is 5. The molecule has 0 atom stereocenters. The molecule has 2 aromatic carbocycles. The lowest BCUT2D eigenvalue weighted by molar-refractivity contribution is 0.207. The van der Waals surface area contributed by atoms with E-state index >= 15 is 0 Å². The number of carbonyl (C=O) groups excluding carboxylic acids is 1. The molecule has 7 heteroatoms. The van der Waals surface area contributed by atoms with Crippen LogP contribution in [0.25, 0.3) is 11.5 Å². The topological polar surface area (TPSA) is 71.0 Å². The van der Waals surface area contributed by atoms with E-state index in [1.54, 1.807) is 6.20 Å². The number of nitrogens with zero attached hydrogens (tertiary/aromatic N) is 4. The zero-order valence-corrected chi connectivity index (χ0v) is 19.0. The minimum Gasteiger partial charge on any atom is -0.321 e. The summed E-state index contributed by atoms with van der Waals surface area (Å²) in [5, 5.41) is 3.46. The van der Waals surface area contributed by atoms with E-state index in [1.807, 2.05) is 35.2 Å². The van der Waals surface area contributed by atoms with Crippen LogP contribution in [-0.4, -0.2) is 37.9 Å². The van der Waals surface area contributed by atoms with Crippen LogP contribution in [0.5, 0.6) is 0 Å². The van der Waals surface area contributed by atoms with Crippen LogP contribution < -0.4 is 5.32 Å². The SMILES string of the molecule is O=C(Nc1nc(-c2ccccn2)ns1)N(CCC(c1ccccc1)c1ccccc1)C1CC1. The Labute approximate surface area is 197 Å². The number of pyridine rings is 1. The van der Waals surface area contributed by atoms with Crippen LogP contribution in [0, 0.1) is 0 Å². The monoisotopic (exact) mass is 455 g/mol. The molecule has 0 saturated heterocycles. The molecule has 33 heavy (non-hydrogen) atoms. The molecular formula is C26H25N5OS. The predicted molar refractivity (Wildman–Crippen MR) is 131 cm³/mol. The van der Waals surface area contributed by atoms with E-state index in [0.29, 0.717) is 29.2 Å². The molecular weight excluding hydrogens is 430 g/mol. The van der Waals surface area contributed by atoms with Crippen molar-refractivity contribution in [3.8, 4) is 11.5 Å². The largest absolute Gasteiger partial charge is 0.323 e. The first-order chi connectivity index (χ1) is 16.3. The average Bonchev–Trinajstić information content (AvgIpc) is 3.60. The molecule has 2 heterocycles. The molecule has 1 saturated carbocycles. The molecule has 166 valence electrons. The van der Waals surface area contributed by atoms with Crippen molar-refractivity contribution in [1.82, 2.24) is 19.2 Å². The van der Waals surface area contributed by atoms with Crippen molar-refractivity contribution in [3.63, 3.8) is 0 Å². The van der Waals surface area contributed by atoms with E-state index in [9.17, 15) is 4.79 Å². The molecule has 2 amide bonds. The van der Waals surface area contributed by atoms with E-state index < -0.39 is 0 Å². The van der Waals surface area contributed by atoms with Gasteiger partial charge in [0.25, 0.3) is 0 Å². The maximum atomic E-state index is 13.2. The molecule has 0 aliphatic heterocycles. The normalized spacial score (nSPS) is 13.1. The number of rotatable bonds is 8. The maximum Gasteiger partial charge on any atom is 0.323 e. The van der Waals surface area contributed by atoms with Gasteiger partial charge in [0, 0.05) is 36.2 Å². The average molecular weight is 456 g/mol. The van der Waals surface area contributed by atoms with Gasteiger partial charge in [-0.25, -0.2) is 4.79 Å². The standard InChI is InChI=1S/C26H25N5OS/c32-26(29-25-28-24(30-33-25)23-13-7-8-17-27-23)31(21-14-15-21)18-16-22(19-9-3-1-4-10-19)20-11-5-2-6-12-20/h1-13,17,21-22H,14-16,18H2,(H,28,29,30,32). The fourth-order valence-corrected chi connectivity index (χ4v) is 4.60.